The van der Waals surface area contributed by atoms with E-state index in [9.17, 15) is 0 Å². The molecule has 0 saturated carbocycles. The second-order valence-corrected chi connectivity index (χ2v) is 4.47. The number of hydrogen-bond donors (Lipinski definition) is 1. The lowest BCUT2D eigenvalue weighted by atomic mass is 10.5. The molecule has 5 nitrogen and oxygen atoms in total. The van der Waals surface area contributed by atoms with E-state index in [1.165, 1.54) is 0 Å². The standard InChI is InChI=1S/C10H9N5S/c11-7-4-13-15(5-7)6-9-14-8-2-1-3-12-10(8)16-9/h1-5H,6,11H2. The van der Waals surface area contributed by atoms with Crippen LogP contribution < -0.4 is 5.73 Å². The molecule has 0 amide bonds. The molecule has 6 heteroatoms. The van der Waals surface area contributed by atoms with E-state index in [0.29, 0.717) is 12.2 Å². The summed E-state index contributed by atoms with van der Waals surface area (Å²) in [6.45, 7) is 0.637. The topological polar surface area (TPSA) is 69.6 Å². The number of thiazole rings is 1. The third-order valence-corrected chi connectivity index (χ3v) is 3.13. The minimum Gasteiger partial charge on any atom is -0.396 e. The molecule has 0 fully saturated rings. The van der Waals surface area contributed by atoms with E-state index in [1.807, 2.05) is 12.1 Å². The van der Waals surface area contributed by atoms with Crippen LogP contribution in [0.25, 0.3) is 10.3 Å². The van der Waals surface area contributed by atoms with Crippen LogP contribution in [-0.2, 0) is 6.54 Å². The molecule has 0 aliphatic carbocycles. The largest absolute Gasteiger partial charge is 0.396 e. The fourth-order valence-electron chi connectivity index (χ4n) is 1.49. The highest BCUT2D eigenvalue weighted by atomic mass is 32.1. The van der Waals surface area contributed by atoms with E-state index >= 15 is 0 Å². The normalized spacial score (nSPS) is 11.0. The SMILES string of the molecule is Nc1cnn(Cc2nc3cccnc3s2)c1. The van der Waals surface area contributed by atoms with E-state index in [0.717, 1.165) is 15.4 Å². The van der Waals surface area contributed by atoms with Gasteiger partial charge in [-0.15, -0.1) is 0 Å². The first-order valence-corrected chi connectivity index (χ1v) is 5.61. The van der Waals surface area contributed by atoms with E-state index in [-0.39, 0.29) is 0 Å². The summed E-state index contributed by atoms with van der Waals surface area (Å²) in [5.74, 6) is 0. The van der Waals surface area contributed by atoms with Gasteiger partial charge in [0.05, 0.1) is 18.4 Å². The molecule has 80 valence electrons. The summed E-state index contributed by atoms with van der Waals surface area (Å²) in [7, 11) is 0. The Morgan fingerprint density at radius 1 is 1.44 bits per heavy atom. The molecule has 3 aromatic heterocycles. The van der Waals surface area contributed by atoms with E-state index in [1.54, 1.807) is 34.6 Å². The molecule has 0 aliphatic heterocycles. The van der Waals surface area contributed by atoms with Crippen molar-refractivity contribution in [1.82, 2.24) is 19.7 Å². The van der Waals surface area contributed by atoms with Gasteiger partial charge in [0, 0.05) is 12.4 Å². The zero-order valence-corrected chi connectivity index (χ0v) is 9.18. The van der Waals surface area contributed by atoms with Gasteiger partial charge in [-0.25, -0.2) is 9.97 Å². The Morgan fingerprint density at radius 2 is 2.38 bits per heavy atom. The number of nitrogens with zero attached hydrogens (tertiary/aromatic N) is 4. The highest BCUT2D eigenvalue weighted by molar-refractivity contribution is 7.18. The van der Waals surface area contributed by atoms with Gasteiger partial charge in [-0.1, -0.05) is 11.3 Å². The number of hydrogen-bond acceptors (Lipinski definition) is 5. The van der Waals surface area contributed by atoms with Crippen molar-refractivity contribution in [3.63, 3.8) is 0 Å². The van der Waals surface area contributed by atoms with Gasteiger partial charge in [0.25, 0.3) is 0 Å². The molecule has 3 rings (SSSR count). The Balaban J connectivity index is 1.95. The predicted molar refractivity (Wildman–Crippen MR) is 63.2 cm³/mol. The number of nitrogen functional groups attached to an aromatic ring is 1. The minimum atomic E-state index is 0.637. The molecule has 0 aromatic carbocycles. The molecule has 3 aromatic rings. The summed E-state index contributed by atoms with van der Waals surface area (Å²) in [5, 5.41) is 5.10. The summed E-state index contributed by atoms with van der Waals surface area (Å²) in [6, 6.07) is 3.84. The first-order valence-electron chi connectivity index (χ1n) is 4.79. The molecular formula is C10H9N5S. The Kier molecular flexibility index (Phi) is 2.07. The van der Waals surface area contributed by atoms with Crippen molar-refractivity contribution in [3.8, 4) is 0 Å². The first-order chi connectivity index (χ1) is 7.81. The van der Waals surface area contributed by atoms with Crippen molar-refractivity contribution in [3.05, 3.63) is 35.7 Å². The van der Waals surface area contributed by atoms with Crippen LogP contribution in [0, 0.1) is 0 Å². The first kappa shape index (κ1) is 9.29. The fourth-order valence-corrected chi connectivity index (χ4v) is 2.38. The van der Waals surface area contributed by atoms with E-state index < -0.39 is 0 Å². The molecule has 0 radical (unpaired) electrons. The molecule has 0 unspecified atom stereocenters. The van der Waals surface area contributed by atoms with Crippen LogP contribution in [-0.4, -0.2) is 19.7 Å². The zero-order valence-electron chi connectivity index (χ0n) is 8.37. The summed E-state index contributed by atoms with van der Waals surface area (Å²) in [6.07, 6.45) is 5.20. The van der Waals surface area contributed by atoms with Crippen LogP contribution in [0.2, 0.25) is 0 Å². The summed E-state index contributed by atoms with van der Waals surface area (Å²) in [5.41, 5.74) is 7.19. The molecule has 0 atom stereocenters. The van der Waals surface area contributed by atoms with Gasteiger partial charge in [-0.3, -0.25) is 4.68 Å². The van der Waals surface area contributed by atoms with E-state index in [2.05, 4.69) is 15.1 Å². The molecule has 0 bridgehead atoms. The maximum Gasteiger partial charge on any atom is 0.143 e. The maximum absolute atomic E-state index is 5.59. The second-order valence-electron chi connectivity index (χ2n) is 3.41. The molecule has 0 aliphatic rings. The number of pyridine rings is 1. The number of rotatable bonds is 2. The summed E-state index contributed by atoms with van der Waals surface area (Å²) >= 11 is 1.58. The van der Waals surface area contributed by atoms with Crippen molar-refractivity contribution in [2.75, 3.05) is 5.73 Å². The lowest BCUT2D eigenvalue weighted by Crippen LogP contribution is -1.98. The smallest absolute Gasteiger partial charge is 0.143 e. The van der Waals surface area contributed by atoms with Crippen LogP contribution in [0.1, 0.15) is 5.01 Å². The average Bonchev–Trinajstić information content (AvgIpc) is 2.84. The van der Waals surface area contributed by atoms with Gasteiger partial charge in [-0.2, -0.15) is 5.10 Å². The van der Waals surface area contributed by atoms with Gasteiger partial charge in [0.1, 0.15) is 15.4 Å². The van der Waals surface area contributed by atoms with Crippen molar-refractivity contribution < 1.29 is 0 Å². The van der Waals surface area contributed by atoms with Crippen LogP contribution in [0.3, 0.4) is 0 Å². The number of fused-ring (bicyclic) bond motifs is 1. The highest BCUT2D eigenvalue weighted by Gasteiger charge is 2.05. The Labute approximate surface area is 95.6 Å². The van der Waals surface area contributed by atoms with Crippen LogP contribution in [0.4, 0.5) is 5.69 Å². The van der Waals surface area contributed by atoms with Crippen LogP contribution in [0.15, 0.2) is 30.7 Å². The number of aromatic nitrogens is 4. The second kappa shape index (κ2) is 3.57. The lowest BCUT2D eigenvalue weighted by Gasteiger charge is -1.94. The number of nitrogens with two attached hydrogens (primary N) is 1. The molecule has 2 N–H and O–H groups in total. The molecule has 3 heterocycles. The third-order valence-electron chi connectivity index (χ3n) is 2.16. The van der Waals surface area contributed by atoms with Crippen molar-refractivity contribution in [2.45, 2.75) is 6.54 Å². The Morgan fingerprint density at radius 3 is 3.12 bits per heavy atom. The van der Waals surface area contributed by atoms with Crippen LogP contribution in [0.5, 0.6) is 0 Å². The average molecular weight is 231 g/mol. The molecule has 0 saturated heterocycles. The molecule has 16 heavy (non-hydrogen) atoms. The molecule has 0 spiro atoms. The van der Waals surface area contributed by atoms with Crippen molar-refractivity contribution in [1.29, 1.82) is 0 Å². The fraction of sp³-hybridized carbons (Fsp3) is 0.100. The Hall–Kier alpha value is -1.95. The van der Waals surface area contributed by atoms with Crippen LogP contribution >= 0.6 is 11.3 Å². The number of anilines is 1. The lowest BCUT2D eigenvalue weighted by molar-refractivity contribution is 0.684. The maximum atomic E-state index is 5.59. The summed E-state index contributed by atoms with van der Waals surface area (Å²) < 4.78 is 1.77. The van der Waals surface area contributed by atoms with Gasteiger partial charge in [0.2, 0.25) is 0 Å². The quantitative estimate of drug-likeness (QED) is 0.726. The zero-order chi connectivity index (χ0) is 11.0. The van der Waals surface area contributed by atoms with E-state index in [4.69, 9.17) is 5.73 Å². The summed E-state index contributed by atoms with van der Waals surface area (Å²) in [4.78, 5) is 9.68. The monoisotopic (exact) mass is 231 g/mol. The van der Waals surface area contributed by atoms with Gasteiger partial charge in [0.15, 0.2) is 0 Å². The minimum absolute atomic E-state index is 0.637. The molecular weight excluding hydrogens is 222 g/mol. The highest BCUT2D eigenvalue weighted by Crippen LogP contribution is 2.19. The van der Waals surface area contributed by atoms with Crippen molar-refractivity contribution >= 4 is 27.4 Å². The van der Waals surface area contributed by atoms with Crippen molar-refractivity contribution in [2.24, 2.45) is 0 Å². The van der Waals surface area contributed by atoms with Gasteiger partial charge >= 0.3 is 0 Å². The Bertz CT molecular complexity index is 594. The third kappa shape index (κ3) is 1.63. The van der Waals surface area contributed by atoms with Gasteiger partial charge in [-0.05, 0) is 12.1 Å². The predicted octanol–water partition coefficient (Wildman–Crippen LogP) is 1.52. The van der Waals surface area contributed by atoms with Gasteiger partial charge < -0.3 is 5.73 Å².